The molecule has 294 valence electrons. The van der Waals surface area contributed by atoms with E-state index in [9.17, 15) is 41.5 Å². The van der Waals surface area contributed by atoms with E-state index in [2.05, 4.69) is 20.3 Å². The quantitative estimate of drug-likeness (QED) is 0.265. The summed E-state index contributed by atoms with van der Waals surface area (Å²) in [5.74, 6) is -3.56. The molecule has 0 spiro atoms. The van der Waals surface area contributed by atoms with Crippen molar-refractivity contribution < 1.29 is 51.0 Å². The number of carbonyl (C=O) groups excluding carboxylic acids is 3. The molecule has 7 atom stereocenters. The summed E-state index contributed by atoms with van der Waals surface area (Å²) < 4.78 is 64.9. The number of aromatic nitrogens is 1. The Morgan fingerprint density at radius 1 is 1.19 bits per heavy atom. The maximum absolute atomic E-state index is 14.4. The van der Waals surface area contributed by atoms with Crippen LogP contribution >= 0.6 is 11.6 Å². The van der Waals surface area contributed by atoms with Gasteiger partial charge in [-0.2, -0.15) is 4.98 Å². The van der Waals surface area contributed by atoms with Crippen molar-refractivity contribution in [1.29, 1.82) is 0 Å². The molecule has 1 saturated heterocycles. The van der Waals surface area contributed by atoms with Crippen LogP contribution in [0.5, 0.6) is 11.8 Å². The molecule has 14 nitrogen and oxygen atoms in total. The number of sulfonamides is 1. The van der Waals surface area contributed by atoms with Crippen molar-refractivity contribution in [2.45, 2.75) is 101 Å². The number of hydrogen-bond donors (Lipinski definition) is 4. The molecule has 2 aliphatic carbocycles. The number of fused-ring (bicyclic) bond motifs is 3. The van der Waals surface area contributed by atoms with E-state index >= 15 is 0 Å². The van der Waals surface area contributed by atoms with Crippen LogP contribution in [0.1, 0.15) is 65.7 Å². The molecule has 2 aliphatic heterocycles. The first-order valence-corrected chi connectivity index (χ1v) is 19.8. The van der Waals surface area contributed by atoms with E-state index in [-0.39, 0.29) is 42.1 Å². The van der Waals surface area contributed by atoms with Crippen molar-refractivity contribution in [1.82, 2.24) is 25.2 Å². The number of rotatable bonds is 9. The molecule has 4 N–H and O–H groups in total. The van der Waals surface area contributed by atoms with E-state index in [1.807, 2.05) is 13.0 Å². The molecule has 54 heavy (non-hydrogen) atoms. The number of carboxylic acid groups (broad SMARTS) is 1. The predicted octanol–water partition coefficient (Wildman–Crippen LogP) is 4.40. The fourth-order valence-corrected chi connectivity index (χ4v) is 8.93. The molecule has 18 heteroatoms. The Morgan fingerprint density at radius 3 is 2.61 bits per heavy atom. The zero-order valence-corrected chi connectivity index (χ0v) is 31.6. The van der Waals surface area contributed by atoms with Crippen LogP contribution in [0.2, 0.25) is 5.02 Å². The van der Waals surface area contributed by atoms with Crippen LogP contribution in [0.15, 0.2) is 36.4 Å². The Labute approximate surface area is 316 Å². The number of pyridine rings is 1. The van der Waals surface area contributed by atoms with Gasteiger partial charge >= 0.3 is 6.09 Å². The molecular weight excluding hydrogens is 752 g/mol. The summed E-state index contributed by atoms with van der Waals surface area (Å²) >= 11 is 6.43. The normalized spacial score (nSPS) is 29.6. The fraction of sp³-hybridized carbons (Fsp3) is 0.583. The number of halogens is 3. The Bertz CT molecular complexity index is 1960. The van der Waals surface area contributed by atoms with Crippen LogP contribution in [0.3, 0.4) is 0 Å². The summed E-state index contributed by atoms with van der Waals surface area (Å²) in [6.07, 6.45) is 1.02. The van der Waals surface area contributed by atoms with E-state index in [4.69, 9.17) is 21.1 Å². The maximum atomic E-state index is 14.4. The number of nitrogens with zero attached hydrogens (tertiary/aromatic N) is 2. The Kier molecular flexibility index (Phi) is 11.0. The first-order chi connectivity index (χ1) is 25.4. The number of carbonyl (C=O) groups is 4. The number of nitrogens with one attached hydrogen (secondary N) is 3. The average Bonchev–Trinajstić information content (AvgIpc) is 3.98. The fourth-order valence-electron chi connectivity index (χ4n) is 7.39. The van der Waals surface area contributed by atoms with Gasteiger partial charge in [0.15, 0.2) is 6.61 Å². The van der Waals surface area contributed by atoms with Gasteiger partial charge in [-0.25, -0.2) is 22.0 Å². The molecule has 3 heterocycles. The van der Waals surface area contributed by atoms with Crippen LogP contribution in [-0.2, 0) is 24.4 Å². The smallest absolute Gasteiger partial charge is 0.405 e. The number of benzene rings is 1. The van der Waals surface area contributed by atoms with Crippen molar-refractivity contribution in [2.24, 2.45) is 17.8 Å². The van der Waals surface area contributed by atoms with Crippen molar-refractivity contribution in [3.05, 3.63) is 41.4 Å². The van der Waals surface area contributed by atoms with Crippen LogP contribution in [0, 0.1) is 17.8 Å². The summed E-state index contributed by atoms with van der Waals surface area (Å²) in [6.45, 7) is 4.11. The first-order valence-electron chi connectivity index (χ1n) is 18.0. The van der Waals surface area contributed by atoms with Crippen molar-refractivity contribution in [2.75, 3.05) is 13.2 Å². The topological polar surface area (TPSA) is 193 Å². The molecule has 0 radical (unpaired) electrons. The second-order valence-corrected chi connectivity index (χ2v) is 17.8. The second kappa shape index (κ2) is 15.1. The molecule has 3 fully saturated rings. The van der Waals surface area contributed by atoms with Crippen LogP contribution in [0.25, 0.3) is 10.8 Å². The second-order valence-electron chi connectivity index (χ2n) is 15.2. The lowest BCUT2D eigenvalue weighted by atomic mass is 9.88. The number of amides is 4. The lowest BCUT2D eigenvalue weighted by Gasteiger charge is -2.32. The Morgan fingerprint density at radius 2 is 1.93 bits per heavy atom. The van der Waals surface area contributed by atoms with Crippen LogP contribution < -0.4 is 24.8 Å². The monoisotopic (exact) mass is 795 g/mol. The highest BCUT2D eigenvalue weighted by Crippen LogP contribution is 2.47. The molecule has 1 aromatic heterocycles. The number of allylic oxidation sites excluding steroid dienone is 1. The number of ether oxygens (including phenoxy) is 2. The minimum atomic E-state index is -4.06. The van der Waals surface area contributed by atoms with E-state index < -0.39 is 87.2 Å². The van der Waals surface area contributed by atoms with Gasteiger partial charge in [-0.1, -0.05) is 43.7 Å². The molecule has 2 saturated carbocycles. The van der Waals surface area contributed by atoms with Crippen molar-refractivity contribution in [3.63, 3.8) is 0 Å². The van der Waals surface area contributed by atoms with Gasteiger partial charge in [-0.05, 0) is 69.4 Å². The molecule has 0 unspecified atom stereocenters. The van der Waals surface area contributed by atoms with Gasteiger partial charge in [0.2, 0.25) is 33.6 Å². The summed E-state index contributed by atoms with van der Waals surface area (Å²) in [5, 5.41) is 15.9. The van der Waals surface area contributed by atoms with Gasteiger partial charge in [0.25, 0.3) is 12.3 Å². The van der Waals surface area contributed by atoms with Crippen LogP contribution in [0.4, 0.5) is 13.6 Å². The predicted molar refractivity (Wildman–Crippen MR) is 193 cm³/mol. The van der Waals surface area contributed by atoms with Gasteiger partial charge in [0.05, 0.1) is 11.3 Å². The number of hydrogen-bond acceptors (Lipinski definition) is 9. The van der Waals surface area contributed by atoms with Crippen LogP contribution in [-0.4, -0.2) is 95.3 Å². The summed E-state index contributed by atoms with van der Waals surface area (Å²) in [5.41, 5.74) is -1.62. The summed E-state index contributed by atoms with van der Waals surface area (Å²) in [4.78, 5) is 60.0. The lowest BCUT2D eigenvalue weighted by Crippen LogP contribution is -2.59. The summed E-state index contributed by atoms with van der Waals surface area (Å²) in [7, 11) is -4.06. The van der Waals surface area contributed by atoms with Crippen molar-refractivity contribution >= 4 is 56.2 Å². The largest absolute Gasteiger partial charge is 0.472 e. The van der Waals surface area contributed by atoms with E-state index in [0.717, 1.165) is 0 Å². The first kappa shape index (κ1) is 39.4. The van der Waals surface area contributed by atoms with Gasteiger partial charge in [0.1, 0.15) is 23.7 Å². The summed E-state index contributed by atoms with van der Waals surface area (Å²) in [6, 6.07) is 3.70. The minimum Gasteiger partial charge on any atom is -0.472 e. The highest BCUT2D eigenvalue weighted by Gasteiger charge is 2.63. The lowest BCUT2D eigenvalue weighted by molar-refractivity contribution is -0.142. The average molecular weight is 796 g/mol. The molecule has 4 aliphatic rings. The highest BCUT2D eigenvalue weighted by atomic mass is 35.5. The Hall–Kier alpha value is -4.25. The van der Waals surface area contributed by atoms with Gasteiger partial charge in [-0.15, -0.1) is 0 Å². The molecule has 2 aromatic rings. The van der Waals surface area contributed by atoms with Gasteiger partial charge in [-0.3, -0.25) is 19.1 Å². The standard InChI is InChI=1S/C36H44ClF2N5O9S/c1-19-7-4-5-8-21-16-36(21,33(47)43-54(50,51)35(3)11-12-35)42-30(45)26-14-22(17-44(26)32(46)29(20(2)13-19)41-34(48)49)53-31-23-9-6-10-25(37)24(23)15-28(40-31)52-18-27(38)39/h5-6,8-10,15,19-22,26-27,29,41H,4,7,11-14,16-18H2,1-3H3,(H,42,45)(H,43,47)(H,48,49)/t19-,20+,21+,22+,26-,29-,36+/m0/s1. The van der Waals surface area contributed by atoms with E-state index in [1.54, 1.807) is 31.2 Å². The third kappa shape index (κ3) is 8.21. The molecule has 1 aromatic carbocycles. The minimum absolute atomic E-state index is 0.0633. The molecule has 6 rings (SSSR count). The van der Waals surface area contributed by atoms with Gasteiger partial charge in [0, 0.05) is 34.2 Å². The van der Waals surface area contributed by atoms with E-state index in [0.29, 0.717) is 42.9 Å². The Balaban J connectivity index is 1.35. The molecular formula is C36H44ClF2N5O9S. The SMILES string of the molecule is C[C@H]1CCC=C[C@@H]2C[C@@]2(C(=O)NS(=O)(=O)C2(C)CC2)NC(=O)[C@@H]2C[C@@H](Oc3nc(OCC(F)F)cc4c(Cl)cccc34)CN2C(=O)[C@@H](NC(=O)O)[C@H](C)C1. The van der Waals surface area contributed by atoms with Gasteiger partial charge < -0.3 is 30.1 Å². The molecule has 4 amide bonds. The van der Waals surface area contributed by atoms with Crippen molar-refractivity contribution in [3.8, 4) is 11.8 Å². The van der Waals surface area contributed by atoms with E-state index in [1.165, 1.54) is 17.9 Å². The highest BCUT2D eigenvalue weighted by molar-refractivity contribution is 7.91. The maximum Gasteiger partial charge on any atom is 0.405 e. The molecule has 0 bridgehead atoms. The zero-order valence-electron chi connectivity index (χ0n) is 30.0. The third-order valence-electron chi connectivity index (χ3n) is 10.9. The number of alkyl halides is 2. The third-order valence-corrected chi connectivity index (χ3v) is 13.4. The zero-order chi connectivity index (χ0) is 39.2.